The van der Waals surface area contributed by atoms with Crippen LogP contribution in [0.2, 0.25) is 0 Å². The maximum absolute atomic E-state index is 12.6. The van der Waals surface area contributed by atoms with E-state index >= 15 is 0 Å². The molecule has 2 aromatic rings. The zero-order valence-electron chi connectivity index (χ0n) is 16.3. The van der Waals surface area contributed by atoms with Gasteiger partial charge in [0.05, 0.1) is 19.8 Å². The van der Waals surface area contributed by atoms with Crippen LogP contribution >= 0.6 is 0 Å². The third-order valence-electron chi connectivity index (χ3n) is 4.37. The predicted molar refractivity (Wildman–Crippen MR) is 105 cm³/mol. The molecule has 10 heteroatoms. The Morgan fingerprint density at radius 1 is 0.935 bits per heavy atom. The van der Waals surface area contributed by atoms with E-state index in [1.54, 1.807) is 0 Å². The number of benzene rings is 2. The van der Waals surface area contributed by atoms with Gasteiger partial charge in [0, 0.05) is 12.5 Å². The van der Waals surface area contributed by atoms with E-state index in [0.717, 1.165) is 17.2 Å². The van der Waals surface area contributed by atoms with Crippen molar-refractivity contribution < 1.29 is 40.0 Å². The molecule has 0 aromatic heterocycles. The molecule has 0 bridgehead atoms. The summed E-state index contributed by atoms with van der Waals surface area (Å²) >= 11 is 0. The van der Waals surface area contributed by atoms with Gasteiger partial charge in [0.1, 0.15) is 6.10 Å². The minimum Gasteiger partial charge on any atom is -0.456 e. The predicted octanol–water partition coefficient (Wildman–Crippen LogP) is 4.29. The summed E-state index contributed by atoms with van der Waals surface area (Å²) in [5.41, 5.74) is -3.76. The fourth-order valence-electron chi connectivity index (χ4n) is 2.81. The van der Waals surface area contributed by atoms with Crippen molar-refractivity contribution in [2.75, 3.05) is 6.61 Å². The Bertz CT molecular complexity index is 962. The third-order valence-corrected chi connectivity index (χ3v) is 5.33. The van der Waals surface area contributed by atoms with Gasteiger partial charge in [-0.05, 0) is 11.1 Å². The average Bonchev–Trinajstić information content (AvgIpc) is 2.73. The number of rotatable bonds is 9. The molecule has 0 radical (unpaired) electrons. The number of hydrogen-bond donors (Lipinski definition) is 0. The van der Waals surface area contributed by atoms with Gasteiger partial charge in [0.25, 0.3) is 5.95 Å². The summed E-state index contributed by atoms with van der Waals surface area (Å²) < 4.78 is 81.4. The Kier molecular flexibility index (Phi) is 7.58. The summed E-state index contributed by atoms with van der Waals surface area (Å²) in [7, 11) is -5.83. The van der Waals surface area contributed by atoms with Crippen molar-refractivity contribution in [3.05, 3.63) is 83.8 Å². The molecule has 0 spiro atoms. The number of hydrogen-bond acceptors (Lipinski definition) is 6. The van der Waals surface area contributed by atoms with Crippen LogP contribution in [0.15, 0.2) is 72.7 Å². The molecule has 2 atom stereocenters. The normalized spacial score (nSPS) is 19.4. The van der Waals surface area contributed by atoms with Crippen LogP contribution < -0.4 is 0 Å². The van der Waals surface area contributed by atoms with Crippen LogP contribution in [-0.4, -0.2) is 32.7 Å². The van der Waals surface area contributed by atoms with E-state index in [-0.39, 0.29) is 26.2 Å². The lowest BCUT2D eigenvalue weighted by Gasteiger charge is -2.31. The first-order valence-corrected chi connectivity index (χ1v) is 10.8. The Labute approximate surface area is 178 Å². The van der Waals surface area contributed by atoms with Crippen molar-refractivity contribution in [2.45, 2.75) is 37.4 Å². The van der Waals surface area contributed by atoms with E-state index in [0.29, 0.717) is 0 Å². The Hall–Kier alpha value is -2.56. The van der Waals surface area contributed by atoms with Crippen molar-refractivity contribution in [1.82, 2.24) is 0 Å². The van der Waals surface area contributed by atoms with Crippen molar-refractivity contribution in [2.24, 2.45) is 0 Å². The molecule has 0 amide bonds. The molecule has 6 nitrogen and oxygen atoms in total. The third kappa shape index (κ3) is 6.71. The smallest absolute Gasteiger partial charge is 0.456 e. The van der Waals surface area contributed by atoms with Gasteiger partial charge in [-0.25, -0.2) is 0 Å². The number of halogens is 3. The molecule has 2 aromatic carbocycles. The quantitative estimate of drug-likeness (QED) is 0.413. The Morgan fingerprint density at radius 3 is 2.10 bits per heavy atom. The van der Waals surface area contributed by atoms with E-state index in [9.17, 15) is 21.6 Å². The molecule has 0 fully saturated rings. The summed E-state index contributed by atoms with van der Waals surface area (Å²) in [4.78, 5) is 0. The van der Waals surface area contributed by atoms with Crippen molar-refractivity contribution in [3.63, 3.8) is 0 Å². The minimum atomic E-state index is -5.83. The van der Waals surface area contributed by atoms with Crippen LogP contribution in [0.4, 0.5) is 13.2 Å². The van der Waals surface area contributed by atoms with E-state index in [1.165, 1.54) is 0 Å². The van der Waals surface area contributed by atoms with Crippen LogP contribution in [-0.2, 0) is 41.7 Å². The monoisotopic (exact) mass is 458 g/mol. The lowest BCUT2D eigenvalue weighted by atomic mass is 10.1. The van der Waals surface area contributed by atoms with Gasteiger partial charge >= 0.3 is 15.6 Å². The molecule has 1 aliphatic rings. The van der Waals surface area contributed by atoms with Crippen molar-refractivity contribution in [3.8, 4) is 0 Å². The molecule has 168 valence electrons. The molecule has 1 heterocycles. The molecular weight excluding hydrogens is 437 g/mol. The highest BCUT2D eigenvalue weighted by Crippen LogP contribution is 2.30. The summed E-state index contributed by atoms with van der Waals surface area (Å²) in [5.74, 6) is -0.745. The summed E-state index contributed by atoms with van der Waals surface area (Å²) in [6.45, 7) is 0.447. The van der Waals surface area contributed by atoms with E-state index in [4.69, 9.17) is 14.2 Å². The maximum Gasteiger partial charge on any atom is 0.534 e. The number of ether oxygens (including phenoxy) is 3. The van der Waals surface area contributed by atoms with Crippen molar-refractivity contribution >= 4 is 10.1 Å². The van der Waals surface area contributed by atoms with Crippen LogP contribution in [0.25, 0.3) is 0 Å². The molecule has 0 unspecified atom stereocenters. The lowest BCUT2D eigenvalue weighted by Crippen LogP contribution is -2.39. The van der Waals surface area contributed by atoms with Gasteiger partial charge in [0.15, 0.2) is 6.10 Å². The Balaban J connectivity index is 1.65. The molecule has 1 aliphatic heterocycles. The highest BCUT2D eigenvalue weighted by molar-refractivity contribution is 7.87. The maximum atomic E-state index is 12.6. The zero-order chi connectivity index (χ0) is 22.3. The average molecular weight is 458 g/mol. The summed E-state index contributed by atoms with van der Waals surface area (Å²) in [6.07, 6.45) is -0.227. The van der Waals surface area contributed by atoms with Gasteiger partial charge < -0.3 is 18.4 Å². The van der Waals surface area contributed by atoms with E-state index in [2.05, 4.69) is 4.18 Å². The van der Waals surface area contributed by atoms with Crippen LogP contribution in [0.3, 0.4) is 0 Å². The van der Waals surface area contributed by atoms with Gasteiger partial charge in [-0.15, -0.1) is 0 Å². The minimum absolute atomic E-state index is 0.0406. The van der Waals surface area contributed by atoms with E-state index in [1.807, 2.05) is 60.7 Å². The molecule has 0 saturated carbocycles. The highest BCUT2D eigenvalue weighted by Gasteiger charge is 2.49. The first kappa shape index (κ1) is 23.1. The van der Waals surface area contributed by atoms with Crippen LogP contribution in [0.1, 0.15) is 17.5 Å². The molecule has 31 heavy (non-hydrogen) atoms. The first-order valence-electron chi connectivity index (χ1n) is 9.39. The van der Waals surface area contributed by atoms with Crippen LogP contribution in [0, 0.1) is 0 Å². The largest absolute Gasteiger partial charge is 0.534 e. The molecule has 0 aliphatic carbocycles. The fourth-order valence-corrected chi connectivity index (χ4v) is 3.23. The molecule has 3 rings (SSSR count). The second kappa shape index (κ2) is 10.2. The topological polar surface area (TPSA) is 71.1 Å². The number of alkyl halides is 3. The van der Waals surface area contributed by atoms with Gasteiger partial charge in [0.2, 0.25) is 0 Å². The summed E-state index contributed by atoms with van der Waals surface area (Å²) in [5, 5.41) is 0. The Morgan fingerprint density at radius 2 is 1.52 bits per heavy atom. The van der Waals surface area contributed by atoms with Gasteiger partial charge in [-0.1, -0.05) is 60.7 Å². The van der Waals surface area contributed by atoms with Gasteiger partial charge in [-0.3, -0.25) is 0 Å². The second-order valence-electron chi connectivity index (χ2n) is 6.73. The van der Waals surface area contributed by atoms with Gasteiger partial charge in [-0.2, -0.15) is 21.6 Å². The standard InChI is InChI=1S/C21H21F3O6S/c22-21(23,24)31(25,26)30-20-12-11-18(28-14-17-9-5-2-6-10-17)19(29-20)15-27-13-16-7-3-1-4-8-16/h1-10,12,18-19H,11,13-15H2/t18-,19+/m0/s1. The summed E-state index contributed by atoms with van der Waals surface area (Å²) in [6, 6.07) is 18.6. The molecule has 0 saturated heterocycles. The zero-order valence-corrected chi connectivity index (χ0v) is 17.1. The highest BCUT2D eigenvalue weighted by atomic mass is 32.2. The van der Waals surface area contributed by atoms with Crippen LogP contribution in [0.5, 0.6) is 0 Å². The van der Waals surface area contributed by atoms with Crippen molar-refractivity contribution in [1.29, 1.82) is 0 Å². The lowest BCUT2D eigenvalue weighted by molar-refractivity contribution is -0.121. The molecular formula is C21H21F3O6S. The van der Waals surface area contributed by atoms with E-state index < -0.39 is 33.8 Å². The fraction of sp³-hybridized carbons (Fsp3) is 0.333. The second-order valence-corrected chi connectivity index (χ2v) is 8.27. The first-order chi connectivity index (χ1) is 14.7. The SMILES string of the molecule is O=S(=O)(OC1=CC[C@H](OCc2ccccc2)[C@@H](COCc2ccccc2)O1)C(F)(F)F. The molecule has 0 N–H and O–H groups in total.